The second kappa shape index (κ2) is 9.42. The molecule has 138 valence electrons. The first kappa shape index (κ1) is 19.2. The number of amides is 1. The van der Waals surface area contributed by atoms with Crippen LogP contribution in [0.4, 0.5) is 0 Å². The third kappa shape index (κ3) is 5.48. The van der Waals surface area contributed by atoms with E-state index in [2.05, 4.69) is 20.7 Å². The number of aromatic nitrogens is 3. The molecule has 1 heterocycles. The summed E-state index contributed by atoms with van der Waals surface area (Å²) in [5.74, 6) is 0.648. The highest BCUT2D eigenvalue weighted by Crippen LogP contribution is 2.27. The van der Waals surface area contributed by atoms with E-state index in [0.29, 0.717) is 23.7 Å². The Morgan fingerprint density at radius 2 is 2.19 bits per heavy atom. The van der Waals surface area contributed by atoms with Gasteiger partial charge in [-0.2, -0.15) is 10.2 Å². The molecule has 11 heteroatoms. The molecule has 10 nitrogen and oxygen atoms in total. The number of nitrogens with one attached hydrogen (secondary N) is 3. The molecule has 0 atom stereocenters. The van der Waals surface area contributed by atoms with Gasteiger partial charge in [0.05, 0.1) is 25.7 Å². The van der Waals surface area contributed by atoms with Crippen LogP contribution in [0.3, 0.4) is 0 Å². The number of H-pyrrole nitrogens is 2. The molecule has 26 heavy (non-hydrogen) atoms. The molecular weight excluding hydrogens is 362 g/mol. The molecule has 0 bridgehead atoms. The Hall–Kier alpha value is -3.08. The van der Waals surface area contributed by atoms with Gasteiger partial charge in [-0.25, -0.2) is 15.3 Å². The average molecular weight is 379 g/mol. The van der Waals surface area contributed by atoms with Gasteiger partial charge < -0.3 is 9.47 Å². The molecule has 1 aromatic heterocycles. The standard InChI is InChI=1S/C15H17N5O5S/c1-3-25-10-5-4-9(6-11(10)24-2)7-16-18-12(21)8-26-14-13(22)17-15(23)20-19-14/h4-7H,3,8H2,1-2H3,(H,18,21)(H2,17,20,22,23)/b16-7-. The van der Waals surface area contributed by atoms with Gasteiger partial charge in [0.2, 0.25) is 5.91 Å². The second-order valence-electron chi connectivity index (χ2n) is 4.74. The quantitative estimate of drug-likeness (QED) is 0.336. The largest absolute Gasteiger partial charge is 0.493 e. The highest BCUT2D eigenvalue weighted by Gasteiger charge is 2.07. The summed E-state index contributed by atoms with van der Waals surface area (Å²) in [6.07, 6.45) is 1.45. The zero-order valence-electron chi connectivity index (χ0n) is 14.1. The van der Waals surface area contributed by atoms with E-state index < -0.39 is 17.2 Å². The summed E-state index contributed by atoms with van der Waals surface area (Å²) in [6, 6.07) is 5.23. The Bertz CT molecular complexity index is 908. The zero-order chi connectivity index (χ0) is 18.9. The first-order valence-electron chi connectivity index (χ1n) is 7.48. The predicted molar refractivity (Wildman–Crippen MR) is 96.1 cm³/mol. The molecular formula is C15H17N5O5S. The Morgan fingerprint density at radius 3 is 2.88 bits per heavy atom. The van der Waals surface area contributed by atoms with Gasteiger partial charge in [0.15, 0.2) is 16.5 Å². The first-order valence-corrected chi connectivity index (χ1v) is 8.46. The van der Waals surface area contributed by atoms with Crippen molar-refractivity contribution in [2.24, 2.45) is 5.10 Å². The van der Waals surface area contributed by atoms with Crippen molar-refractivity contribution < 1.29 is 14.3 Å². The minimum absolute atomic E-state index is 0.0139. The highest BCUT2D eigenvalue weighted by atomic mass is 32.2. The summed E-state index contributed by atoms with van der Waals surface area (Å²) in [5.41, 5.74) is 1.68. The summed E-state index contributed by atoms with van der Waals surface area (Å²) in [6.45, 7) is 2.39. The molecule has 0 saturated carbocycles. The number of nitrogens with zero attached hydrogens (tertiary/aromatic N) is 2. The second-order valence-corrected chi connectivity index (χ2v) is 5.70. The van der Waals surface area contributed by atoms with E-state index in [1.165, 1.54) is 13.3 Å². The van der Waals surface area contributed by atoms with Crippen LogP contribution >= 0.6 is 11.8 Å². The van der Waals surface area contributed by atoms with Crippen LogP contribution in [-0.4, -0.2) is 46.8 Å². The minimum Gasteiger partial charge on any atom is -0.493 e. The number of methoxy groups -OCH3 is 1. The number of hydrogen-bond acceptors (Lipinski definition) is 8. The van der Waals surface area contributed by atoms with Crippen molar-refractivity contribution in [3.8, 4) is 11.5 Å². The van der Waals surface area contributed by atoms with Crippen LogP contribution in [0.5, 0.6) is 11.5 Å². The van der Waals surface area contributed by atoms with Gasteiger partial charge in [-0.1, -0.05) is 11.8 Å². The summed E-state index contributed by atoms with van der Waals surface area (Å²) in [7, 11) is 1.53. The lowest BCUT2D eigenvalue weighted by Crippen LogP contribution is -2.26. The average Bonchev–Trinajstić information content (AvgIpc) is 2.62. The Morgan fingerprint density at radius 1 is 1.38 bits per heavy atom. The van der Waals surface area contributed by atoms with E-state index in [0.717, 1.165) is 11.8 Å². The molecule has 0 unspecified atom stereocenters. The molecule has 1 amide bonds. The first-order chi connectivity index (χ1) is 12.5. The van der Waals surface area contributed by atoms with Gasteiger partial charge in [0.1, 0.15) is 0 Å². The van der Waals surface area contributed by atoms with Gasteiger partial charge in [-0.15, -0.1) is 0 Å². The number of rotatable bonds is 8. The summed E-state index contributed by atoms with van der Waals surface area (Å²) >= 11 is 0.876. The Balaban J connectivity index is 1.90. The van der Waals surface area contributed by atoms with Crippen molar-refractivity contribution in [1.29, 1.82) is 0 Å². The van der Waals surface area contributed by atoms with Crippen LogP contribution in [0.2, 0.25) is 0 Å². The van der Waals surface area contributed by atoms with Crippen molar-refractivity contribution in [3.63, 3.8) is 0 Å². The lowest BCUT2D eigenvalue weighted by molar-refractivity contribution is -0.118. The van der Waals surface area contributed by atoms with Crippen LogP contribution in [0.15, 0.2) is 37.9 Å². The number of benzene rings is 1. The monoisotopic (exact) mass is 379 g/mol. The van der Waals surface area contributed by atoms with E-state index in [1.54, 1.807) is 18.2 Å². The van der Waals surface area contributed by atoms with Crippen LogP contribution in [0.1, 0.15) is 12.5 Å². The predicted octanol–water partition coefficient (Wildman–Crippen LogP) is 0.108. The topological polar surface area (TPSA) is 139 Å². The summed E-state index contributed by atoms with van der Waals surface area (Å²) < 4.78 is 10.6. The van der Waals surface area contributed by atoms with Gasteiger partial charge >= 0.3 is 5.69 Å². The van der Waals surface area contributed by atoms with E-state index >= 15 is 0 Å². The van der Waals surface area contributed by atoms with Crippen molar-refractivity contribution >= 4 is 23.9 Å². The van der Waals surface area contributed by atoms with Crippen molar-refractivity contribution in [3.05, 3.63) is 44.6 Å². The molecule has 0 radical (unpaired) electrons. The molecule has 0 saturated heterocycles. The normalized spacial score (nSPS) is 10.7. The molecule has 1 aromatic carbocycles. The van der Waals surface area contributed by atoms with Crippen LogP contribution in [-0.2, 0) is 4.79 Å². The Kier molecular flexibility index (Phi) is 6.97. The number of carbonyl (C=O) groups excluding carboxylic acids is 1. The maximum absolute atomic E-state index is 11.7. The Labute approximate surface area is 152 Å². The molecule has 0 aliphatic heterocycles. The maximum atomic E-state index is 11.7. The van der Waals surface area contributed by atoms with E-state index in [4.69, 9.17) is 9.47 Å². The number of aromatic amines is 2. The van der Waals surface area contributed by atoms with Crippen molar-refractivity contribution in [2.75, 3.05) is 19.5 Å². The molecule has 2 rings (SSSR count). The number of carbonyl (C=O) groups is 1. The van der Waals surface area contributed by atoms with Gasteiger partial charge in [-0.3, -0.25) is 14.6 Å². The molecule has 0 fully saturated rings. The molecule has 0 spiro atoms. The van der Waals surface area contributed by atoms with Crippen molar-refractivity contribution in [2.45, 2.75) is 11.9 Å². The van der Waals surface area contributed by atoms with Crippen LogP contribution in [0.25, 0.3) is 0 Å². The lowest BCUT2D eigenvalue weighted by Gasteiger charge is -2.09. The smallest absolute Gasteiger partial charge is 0.342 e. The molecule has 3 N–H and O–H groups in total. The highest BCUT2D eigenvalue weighted by molar-refractivity contribution is 7.99. The maximum Gasteiger partial charge on any atom is 0.342 e. The van der Waals surface area contributed by atoms with E-state index in [-0.39, 0.29) is 10.8 Å². The molecule has 0 aliphatic rings. The van der Waals surface area contributed by atoms with Crippen LogP contribution in [0, 0.1) is 0 Å². The minimum atomic E-state index is -0.709. The molecule has 0 aliphatic carbocycles. The number of thioether (sulfide) groups is 1. The van der Waals surface area contributed by atoms with Gasteiger partial charge in [0.25, 0.3) is 5.56 Å². The fourth-order valence-electron chi connectivity index (χ4n) is 1.82. The van der Waals surface area contributed by atoms with Crippen molar-refractivity contribution in [1.82, 2.24) is 20.6 Å². The van der Waals surface area contributed by atoms with Gasteiger partial charge in [0, 0.05) is 0 Å². The third-order valence-corrected chi connectivity index (χ3v) is 3.87. The fourth-order valence-corrected chi connectivity index (χ4v) is 2.44. The van der Waals surface area contributed by atoms with Gasteiger partial charge in [-0.05, 0) is 30.7 Å². The summed E-state index contributed by atoms with van der Waals surface area (Å²) in [5, 5.41) is 9.47. The lowest BCUT2D eigenvalue weighted by atomic mass is 10.2. The van der Waals surface area contributed by atoms with Crippen LogP contribution < -0.4 is 26.1 Å². The molecule has 2 aromatic rings. The zero-order valence-corrected chi connectivity index (χ0v) is 14.9. The third-order valence-electron chi connectivity index (χ3n) is 2.91. The van der Waals surface area contributed by atoms with E-state index in [9.17, 15) is 14.4 Å². The fraction of sp³-hybridized carbons (Fsp3) is 0.267. The SMILES string of the molecule is CCOc1ccc(/C=N\NC(=O)CSc2n[nH]c(=O)[nH]c2=O)cc1OC. The number of hydrazone groups is 1. The number of ether oxygens (including phenoxy) is 2. The van der Waals surface area contributed by atoms with E-state index in [1.807, 2.05) is 11.9 Å². The number of hydrogen-bond donors (Lipinski definition) is 3. The summed E-state index contributed by atoms with van der Waals surface area (Å²) in [4.78, 5) is 36.1.